The van der Waals surface area contributed by atoms with E-state index in [1.54, 1.807) is 24.3 Å². The van der Waals surface area contributed by atoms with Gasteiger partial charge in [-0.2, -0.15) is 11.8 Å². The number of thioether (sulfide) groups is 1. The third kappa shape index (κ3) is 4.39. The molecule has 0 radical (unpaired) electrons. The largest absolute Gasteiger partial charge is 0.384 e. The van der Waals surface area contributed by atoms with Crippen LogP contribution in [0, 0.1) is 11.8 Å². The lowest BCUT2D eigenvalue weighted by molar-refractivity contribution is -0.113. The standard InChI is InChI=1S/C12H13NO2S/c1-16-9-12(15)13-11-6-4-10(5-7-11)3-2-8-14/h4-7,14H,8-9H2,1H3,(H,13,15). The highest BCUT2D eigenvalue weighted by Crippen LogP contribution is 2.09. The van der Waals surface area contributed by atoms with Crippen LogP contribution in [0.1, 0.15) is 5.56 Å². The summed E-state index contributed by atoms with van der Waals surface area (Å²) in [6.45, 7) is -0.147. The van der Waals surface area contributed by atoms with Crippen LogP contribution in [0.4, 0.5) is 5.69 Å². The van der Waals surface area contributed by atoms with E-state index in [4.69, 9.17) is 5.11 Å². The lowest BCUT2D eigenvalue weighted by Crippen LogP contribution is -2.13. The Labute approximate surface area is 99.2 Å². The number of nitrogens with one attached hydrogen (secondary N) is 1. The van der Waals surface area contributed by atoms with Gasteiger partial charge < -0.3 is 10.4 Å². The lowest BCUT2D eigenvalue weighted by atomic mass is 10.2. The summed E-state index contributed by atoms with van der Waals surface area (Å²) in [6.07, 6.45) is 1.88. The quantitative estimate of drug-likeness (QED) is 0.777. The minimum atomic E-state index is -0.147. The van der Waals surface area contributed by atoms with Gasteiger partial charge >= 0.3 is 0 Å². The molecule has 0 fully saturated rings. The summed E-state index contributed by atoms with van der Waals surface area (Å²) in [5, 5.41) is 11.3. The van der Waals surface area contributed by atoms with Crippen LogP contribution in [0.25, 0.3) is 0 Å². The summed E-state index contributed by atoms with van der Waals surface area (Å²) < 4.78 is 0. The zero-order valence-electron chi connectivity index (χ0n) is 8.99. The molecule has 1 amide bonds. The van der Waals surface area contributed by atoms with Gasteiger partial charge in [0.25, 0.3) is 0 Å². The van der Waals surface area contributed by atoms with Crippen LogP contribution >= 0.6 is 11.8 Å². The molecule has 2 N–H and O–H groups in total. The number of amides is 1. The first-order valence-electron chi connectivity index (χ1n) is 4.75. The molecule has 0 aliphatic carbocycles. The van der Waals surface area contributed by atoms with Crippen LogP contribution in [0.15, 0.2) is 24.3 Å². The van der Waals surface area contributed by atoms with Crippen molar-refractivity contribution in [3.8, 4) is 11.8 Å². The first kappa shape index (κ1) is 12.6. The molecular weight excluding hydrogens is 222 g/mol. The molecular formula is C12H13NO2S. The van der Waals surface area contributed by atoms with E-state index >= 15 is 0 Å². The molecule has 0 heterocycles. The molecule has 0 bridgehead atoms. The topological polar surface area (TPSA) is 49.3 Å². The SMILES string of the molecule is CSCC(=O)Nc1ccc(C#CCO)cc1. The molecule has 1 aromatic carbocycles. The van der Waals surface area contributed by atoms with Crippen molar-refractivity contribution in [3.63, 3.8) is 0 Å². The van der Waals surface area contributed by atoms with Gasteiger partial charge in [-0.3, -0.25) is 4.79 Å². The van der Waals surface area contributed by atoms with Crippen LogP contribution in [-0.2, 0) is 4.79 Å². The monoisotopic (exact) mass is 235 g/mol. The summed E-state index contributed by atoms with van der Waals surface area (Å²) >= 11 is 1.48. The number of hydrogen-bond donors (Lipinski definition) is 2. The fourth-order valence-electron chi connectivity index (χ4n) is 1.11. The van der Waals surface area contributed by atoms with E-state index in [0.717, 1.165) is 11.3 Å². The average Bonchev–Trinajstić information content (AvgIpc) is 2.28. The van der Waals surface area contributed by atoms with Crippen LogP contribution in [0.3, 0.4) is 0 Å². The number of aliphatic hydroxyl groups excluding tert-OH is 1. The van der Waals surface area contributed by atoms with Crippen molar-refractivity contribution in [2.45, 2.75) is 0 Å². The molecule has 0 saturated carbocycles. The molecule has 0 atom stereocenters. The highest BCUT2D eigenvalue weighted by atomic mass is 32.2. The number of anilines is 1. The van der Waals surface area contributed by atoms with Crippen molar-refractivity contribution in [2.24, 2.45) is 0 Å². The number of carbonyl (C=O) groups excluding carboxylic acids is 1. The van der Waals surface area contributed by atoms with Crippen molar-refractivity contribution in [1.82, 2.24) is 0 Å². The molecule has 0 aliphatic heterocycles. The molecule has 16 heavy (non-hydrogen) atoms. The van der Waals surface area contributed by atoms with Gasteiger partial charge in [0.05, 0.1) is 5.75 Å². The fraction of sp³-hybridized carbons (Fsp3) is 0.250. The second-order valence-electron chi connectivity index (χ2n) is 3.02. The van der Waals surface area contributed by atoms with Crippen molar-refractivity contribution in [1.29, 1.82) is 0 Å². The van der Waals surface area contributed by atoms with Gasteiger partial charge in [-0.05, 0) is 30.5 Å². The van der Waals surface area contributed by atoms with Gasteiger partial charge in [0.15, 0.2) is 0 Å². The lowest BCUT2D eigenvalue weighted by Gasteiger charge is -2.03. The molecule has 0 unspecified atom stereocenters. The number of hydrogen-bond acceptors (Lipinski definition) is 3. The second kappa shape index (κ2) is 6.94. The molecule has 4 heteroatoms. The van der Waals surface area contributed by atoms with Gasteiger partial charge in [-0.15, -0.1) is 0 Å². The van der Waals surface area contributed by atoms with Gasteiger partial charge in [0, 0.05) is 11.3 Å². The summed E-state index contributed by atoms with van der Waals surface area (Å²) in [4.78, 5) is 11.3. The fourth-order valence-corrected chi connectivity index (χ4v) is 1.44. The van der Waals surface area contributed by atoms with E-state index in [2.05, 4.69) is 17.2 Å². The highest BCUT2D eigenvalue weighted by Gasteiger charge is 1.99. The second-order valence-corrected chi connectivity index (χ2v) is 3.88. The normalized spacial score (nSPS) is 9.12. The Morgan fingerprint density at radius 2 is 2.12 bits per heavy atom. The van der Waals surface area contributed by atoms with E-state index in [1.807, 2.05) is 6.26 Å². The molecule has 0 aromatic heterocycles. The number of benzene rings is 1. The van der Waals surface area contributed by atoms with E-state index in [9.17, 15) is 4.79 Å². The van der Waals surface area contributed by atoms with Crippen molar-refractivity contribution >= 4 is 23.4 Å². The third-order valence-corrected chi connectivity index (χ3v) is 2.31. The average molecular weight is 235 g/mol. The first-order chi connectivity index (χ1) is 7.76. The van der Waals surface area contributed by atoms with Crippen molar-refractivity contribution in [3.05, 3.63) is 29.8 Å². The van der Waals surface area contributed by atoms with Crippen LogP contribution in [0.5, 0.6) is 0 Å². The summed E-state index contributed by atoms with van der Waals surface area (Å²) in [6, 6.07) is 7.19. The Kier molecular flexibility index (Phi) is 5.48. The Morgan fingerprint density at radius 1 is 1.44 bits per heavy atom. The van der Waals surface area contributed by atoms with Gasteiger partial charge in [-0.1, -0.05) is 11.8 Å². The van der Waals surface area contributed by atoms with Crippen molar-refractivity contribution < 1.29 is 9.90 Å². The zero-order valence-corrected chi connectivity index (χ0v) is 9.80. The maximum Gasteiger partial charge on any atom is 0.234 e. The molecule has 0 saturated heterocycles. The predicted octanol–water partition coefficient (Wildman–Crippen LogP) is 1.33. The van der Waals surface area contributed by atoms with E-state index in [1.165, 1.54) is 11.8 Å². The Bertz CT molecular complexity index is 403. The Balaban J connectivity index is 2.61. The Hall–Kier alpha value is -1.44. The summed E-state index contributed by atoms with van der Waals surface area (Å²) in [5.41, 5.74) is 1.57. The number of aliphatic hydroxyl groups is 1. The maximum atomic E-state index is 11.3. The molecule has 3 nitrogen and oxygen atoms in total. The minimum absolute atomic E-state index is 0.0123. The van der Waals surface area contributed by atoms with E-state index in [0.29, 0.717) is 5.75 Å². The van der Waals surface area contributed by atoms with Crippen LogP contribution in [-0.4, -0.2) is 29.6 Å². The predicted molar refractivity (Wildman–Crippen MR) is 67.4 cm³/mol. The first-order valence-corrected chi connectivity index (χ1v) is 6.14. The molecule has 0 spiro atoms. The highest BCUT2D eigenvalue weighted by molar-refractivity contribution is 7.99. The zero-order chi connectivity index (χ0) is 11.8. The van der Waals surface area contributed by atoms with Gasteiger partial charge in [-0.25, -0.2) is 0 Å². The Morgan fingerprint density at radius 3 is 2.69 bits per heavy atom. The molecule has 84 valence electrons. The number of carbonyl (C=O) groups is 1. The van der Waals surface area contributed by atoms with Gasteiger partial charge in [0.1, 0.15) is 6.61 Å². The smallest absolute Gasteiger partial charge is 0.234 e. The third-order valence-electron chi connectivity index (χ3n) is 1.76. The number of rotatable bonds is 3. The van der Waals surface area contributed by atoms with Crippen LogP contribution < -0.4 is 5.32 Å². The molecule has 1 rings (SSSR count). The molecule has 0 aliphatic rings. The molecule has 1 aromatic rings. The summed E-state index contributed by atoms with van der Waals surface area (Å²) in [7, 11) is 0. The van der Waals surface area contributed by atoms with Crippen molar-refractivity contribution in [2.75, 3.05) is 23.9 Å². The minimum Gasteiger partial charge on any atom is -0.384 e. The van der Waals surface area contributed by atoms with E-state index < -0.39 is 0 Å². The summed E-state index contributed by atoms with van der Waals surface area (Å²) in [5.74, 6) is 5.78. The van der Waals surface area contributed by atoms with Gasteiger partial charge in [0.2, 0.25) is 5.91 Å². The van der Waals surface area contributed by atoms with Crippen LogP contribution in [0.2, 0.25) is 0 Å². The maximum absolute atomic E-state index is 11.3. The van der Waals surface area contributed by atoms with E-state index in [-0.39, 0.29) is 12.5 Å².